The van der Waals surface area contributed by atoms with Crippen LogP contribution in [0.15, 0.2) is 0 Å². The lowest BCUT2D eigenvalue weighted by molar-refractivity contribution is -0.158. The van der Waals surface area contributed by atoms with Gasteiger partial charge in [-0.1, -0.05) is 0 Å². The van der Waals surface area contributed by atoms with Crippen molar-refractivity contribution >= 4 is 11.9 Å². The molecule has 0 aromatic rings. The highest BCUT2D eigenvalue weighted by Gasteiger charge is 2.41. The van der Waals surface area contributed by atoms with Crippen molar-refractivity contribution < 1.29 is 19.1 Å². The molecule has 1 aliphatic heterocycles. The summed E-state index contributed by atoms with van der Waals surface area (Å²) in [5, 5.41) is 0. The zero-order valence-corrected chi connectivity index (χ0v) is 12.4. The van der Waals surface area contributed by atoms with Gasteiger partial charge in [0, 0.05) is 27.2 Å². The molecule has 1 rings (SSSR count). The van der Waals surface area contributed by atoms with Crippen LogP contribution in [-0.4, -0.2) is 73.7 Å². The molecule has 19 heavy (non-hydrogen) atoms. The van der Waals surface area contributed by atoms with E-state index in [0.29, 0.717) is 6.61 Å². The predicted molar refractivity (Wildman–Crippen MR) is 70.7 cm³/mol. The first-order valence-electron chi connectivity index (χ1n) is 6.44. The zero-order chi connectivity index (χ0) is 14.6. The van der Waals surface area contributed by atoms with Crippen LogP contribution in [0.3, 0.4) is 0 Å². The van der Waals surface area contributed by atoms with Gasteiger partial charge in [0.25, 0.3) is 0 Å². The Labute approximate surface area is 114 Å². The SMILES string of the molecule is COCCN1C[C@@H]1C(=O)N(C)CC(=O)OC(C)(C)C. The minimum Gasteiger partial charge on any atom is -0.459 e. The van der Waals surface area contributed by atoms with E-state index in [1.54, 1.807) is 34.9 Å². The number of likely N-dealkylation sites (N-methyl/N-ethyl adjacent to an activating group) is 1. The average Bonchev–Trinajstić information content (AvgIpc) is 3.01. The number of hydrogen-bond acceptors (Lipinski definition) is 5. The minimum absolute atomic E-state index is 0.00921. The summed E-state index contributed by atoms with van der Waals surface area (Å²) in [6.45, 7) is 7.50. The number of esters is 1. The molecule has 1 heterocycles. The van der Waals surface area contributed by atoms with Gasteiger partial charge in [-0.2, -0.15) is 0 Å². The largest absolute Gasteiger partial charge is 0.459 e. The summed E-state index contributed by atoms with van der Waals surface area (Å²) >= 11 is 0. The Balaban J connectivity index is 2.32. The smallest absolute Gasteiger partial charge is 0.326 e. The van der Waals surface area contributed by atoms with Crippen molar-refractivity contribution in [2.45, 2.75) is 32.4 Å². The minimum atomic E-state index is -0.523. The highest BCUT2D eigenvalue weighted by molar-refractivity contribution is 5.87. The first kappa shape index (κ1) is 15.9. The van der Waals surface area contributed by atoms with Gasteiger partial charge in [-0.25, -0.2) is 0 Å². The summed E-state index contributed by atoms with van der Waals surface area (Å²) in [5.74, 6) is -0.422. The molecule has 0 aromatic heterocycles. The lowest BCUT2D eigenvalue weighted by Crippen LogP contribution is -2.39. The van der Waals surface area contributed by atoms with Crippen LogP contribution in [0.25, 0.3) is 0 Å². The second kappa shape index (κ2) is 6.34. The first-order valence-corrected chi connectivity index (χ1v) is 6.44. The van der Waals surface area contributed by atoms with Crippen molar-refractivity contribution in [2.24, 2.45) is 0 Å². The maximum Gasteiger partial charge on any atom is 0.326 e. The van der Waals surface area contributed by atoms with E-state index in [4.69, 9.17) is 9.47 Å². The van der Waals surface area contributed by atoms with Gasteiger partial charge in [-0.05, 0) is 20.8 Å². The molecule has 0 N–H and O–H groups in total. The van der Waals surface area contributed by atoms with Gasteiger partial charge in [-0.3, -0.25) is 14.5 Å². The van der Waals surface area contributed by atoms with E-state index in [2.05, 4.69) is 0 Å². The van der Waals surface area contributed by atoms with Crippen LogP contribution in [0.1, 0.15) is 20.8 Å². The molecule has 0 spiro atoms. The van der Waals surface area contributed by atoms with Crippen molar-refractivity contribution in [1.29, 1.82) is 0 Å². The molecule has 2 atom stereocenters. The number of ether oxygens (including phenoxy) is 2. The third kappa shape index (κ3) is 5.57. The fraction of sp³-hybridized carbons (Fsp3) is 0.846. The second-order valence-electron chi connectivity index (χ2n) is 5.78. The van der Waals surface area contributed by atoms with Crippen LogP contribution in [0.5, 0.6) is 0 Å². The van der Waals surface area contributed by atoms with E-state index >= 15 is 0 Å². The molecular formula is C13H24N2O4. The van der Waals surface area contributed by atoms with Crippen molar-refractivity contribution in [1.82, 2.24) is 9.80 Å². The Morgan fingerprint density at radius 1 is 1.37 bits per heavy atom. The van der Waals surface area contributed by atoms with E-state index in [1.807, 2.05) is 4.90 Å². The molecule has 1 amide bonds. The summed E-state index contributed by atoms with van der Waals surface area (Å²) in [4.78, 5) is 27.1. The summed E-state index contributed by atoms with van der Waals surface area (Å²) in [6.07, 6.45) is 0. The van der Waals surface area contributed by atoms with Crippen molar-refractivity contribution in [3.8, 4) is 0 Å². The zero-order valence-electron chi connectivity index (χ0n) is 12.4. The van der Waals surface area contributed by atoms with Crippen molar-refractivity contribution in [2.75, 3.05) is 40.4 Å². The van der Waals surface area contributed by atoms with Crippen molar-refractivity contribution in [3.05, 3.63) is 0 Å². The lowest BCUT2D eigenvalue weighted by atomic mass is 10.2. The van der Waals surface area contributed by atoms with Crippen LogP contribution >= 0.6 is 0 Å². The summed E-state index contributed by atoms with van der Waals surface area (Å²) < 4.78 is 10.1. The molecule has 1 unspecified atom stereocenters. The molecular weight excluding hydrogens is 248 g/mol. The molecule has 0 bridgehead atoms. The lowest BCUT2D eigenvalue weighted by Gasteiger charge is -2.22. The quantitative estimate of drug-likeness (QED) is 0.507. The van der Waals surface area contributed by atoms with Gasteiger partial charge < -0.3 is 14.4 Å². The number of carbonyl (C=O) groups is 2. The van der Waals surface area contributed by atoms with Crippen LogP contribution in [0.2, 0.25) is 0 Å². The molecule has 110 valence electrons. The maximum absolute atomic E-state index is 12.0. The van der Waals surface area contributed by atoms with E-state index in [9.17, 15) is 9.59 Å². The van der Waals surface area contributed by atoms with Gasteiger partial charge in [0.1, 0.15) is 18.2 Å². The maximum atomic E-state index is 12.0. The molecule has 1 fully saturated rings. The molecule has 6 heteroatoms. The molecule has 0 aromatic carbocycles. The van der Waals surface area contributed by atoms with Gasteiger partial charge in [0.15, 0.2) is 0 Å². The van der Waals surface area contributed by atoms with E-state index < -0.39 is 5.60 Å². The highest BCUT2D eigenvalue weighted by Crippen LogP contribution is 2.18. The Kier molecular flexibility index (Phi) is 5.31. The van der Waals surface area contributed by atoms with Gasteiger partial charge >= 0.3 is 5.97 Å². The molecule has 1 saturated heterocycles. The number of nitrogens with zero attached hydrogens (tertiary/aromatic N) is 2. The topological polar surface area (TPSA) is 58.9 Å². The normalized spacial score (nSPS) is 21.9. The Bertz CT molecular complexity index is 338. The molecule has 0 radical (unpaired) electrons. The van der Waals surface area contributed by atoms with Gasteiger partial charge in [0.05, 0.1) is 6.61 Å². The standard InChI is InChI=1S/C13H24N2O4/c1-13(2,3)19-11(16)9-14(4)12(17)10-8-15(10)6-7-18-5/h10H,6-9H2,1-5H3/t10-,15?/m1/s1. The predicted octanol–water partition coefficient (Wildman–Crippen LogP) is 0.117. The Hall–Kier alpha value is -1.14. The van der Waals surface area contributed by atoms with Crippen LogP contribution in [0.4, 0.5) is 0 Å². The molecule has 0 aliphatic carbocycles. The summed E-state index contributed by atoms with van der Waals surface area (Å²) in [5.41, 5.74) is -0.523. The number of hydrogen-bond donors (Lipinski definition) is 0. The number of rotatable bonds is 6. The van der Waals surface area contributed by atoms with E-state index in [1.165, 1.54) is 4.90 Å². The number of carbonyl (C=O) groups excluding carboxylic acids is 2. The first-order chi connectivity index (χ1) is 8.74. The van der Waals surface area contributed by atoms with Crippen LogP contribution < -0.4 is 0 Å². The molecule has 1 aliphatic rings. The van der Waals surface area contributed by atoms with E-state index in [-0.39, 0.29) is 24.5 Å². The van der Waals surface area contributed by atoms with Crippen LogP contribution in [0, 0.1) is 0 Å². The third-order valence-electron chi connectivity index (χ3n) is 2.74. The van der Waals surface area contributed by atoms with Gasteiger partial charge in [0.2, 0.25) is 5.91 Å². The molecule has 6 nitrogen and oxygen atoms in total. The number of amides is 1. The molecule has 0 saturated carbocycles. The fourth-order valence-electron chi connectivity index (χ4n) is 1.76. The summed E-state index contributed by atoms with van der Waals surface area (Å²) in [7, 11) is 3.26. The van der Waals surface area contributed by atoms with E-state index in [0.717, 1.165) is 13.1 Å². The monoisotopic (exact) mass is 272 g/mol. The van der Waals surface area contributed by atoms with Gasteiger partial charge in [-0.15, -0.1) is 0 Å². The fourth-order valence-corrected chi connectivity index (χ4v) is 1.76. The number of methoxy groups -OCH3 is 1. The van der Waals surface area contributed by atoms with Crippen LogP contribution in [-0.2, 0) is 19.1 Å². The third-order valence-corrected chi connectivity index (χ3v) is 2.74. The second-order valence-corrected chi connectivity index (χ2v) is 5.78. The Morgan fingerprint density at radius 2 is 2.00 bits per heavy atom. The average molecular weight is 272 g/mol. The highest BCUT2D eigenvalue weighted by atomic mass is 16.6. The van der Waals surface area contributed by atoms with Crippen molar-refractivity contribution in [3.63, 3.8) is 0 Å². The Morgan fingerprint density at radius 3 is 2.53 bits per heavy atom. The summed E-state index contributed by atoms with van der Waals surface area (Å²) in [6, 6.07) is -0.109.